The Kier molecular flexibility index (Phi) is 2.85. The summed E-state index contributed by atoms with van der Waals surface area (Å²) < 4.78 is 0.887. The summed E-state index contributed by atoms with van der Waals surface area (Å²) in [5.74, 6) is 0. The Balaban J connectivity index is 3.12. The average Bonchev–Trinajstić information content (AvgIpc) is 2.09. The first-order chi connectivity index (χ1) is 5.77. The molecule has 1 aromatic carbocycles. The fourth-order valence-corrected chi connectivity index (χ4v) is 1.22. The van der Waals surface area contributed by atoms with E-state index in [1.807, 2.05) is 6.07 Å². The summed E-state index contributed by atoms with van der Waals surface area (Å²) in [4.78, 5) is 3.25. The minimum Gasteiger partial charge on any atom is -0.312 e. The van der Waals surface area contributed by atoms with Crippen LogP contribution in [-0.2, 0) is 6.54 Å². The van der Waals surface area contributed by atoms with Crippen molar-refractivity contribution < 1.29 is 0 Å². The summed E-state index contributed by atoms with van der Waals surface area (Å²) >= 11 is 3.31. The normalized spacial score (nSPS) is 8.58. The quantitative estimate of drug-likeness (QED) is 0.670. The van der Waals surface area contributed by atoms with Crippen LogP contribution in [0.1, 0.15) is 11.1 Å². The van der Waals surface area contributed by atoms with Gasteiger partial charge in [-0.3, -0.25) is 0 Å². The van der Waals surface area contributed by atoms with Gasteiger partial charge in [-0.05, 0) is 18.2 Å². The smallest absolute Gasteiger partial charge is 0.240 e. The highest BCUT2D eigenvalue weighted by atomic mass is 79.9. The molecule has 0 unspecified atom stereocenters. The second-order valence-corrected chi connectivity index (χ2v) is 3.09. The largest absolute Gasteiger partial charge is 0.312 e. The minimum absolute atomic E-state index is 0.316. The number of benzene rings is 1. The Bertz CT molecular complexity index is 371. The molecule has 2 nitrogen and oxygen atoms in total. The Morgan fingerprint density at radius 1 is 1.58 bits per heavy atom. The maximum Gasteiger partial charge on any atom is 0.240 e. The molecule has 0 aliphatic carbocycles. The van der Waals surface area contributed by atoms with E-state index in [0.717, 1.165) is 10.0 Å². The maximum atomic E-state index is 8.58. The Morgan fingerprint density at radius 3 is 2.92 bits per heavy atom. The van der Waals surface area contributed by atoms with Crippen molar-refractivity contribution in [1.29, 1.82) is 5.26 Å². The number of nitrogens with zero attached hydrogens (tertiary/aromatic N) is 2. The molecule has 12 heavy (non-hydrogen) atoms. The van der Waals surface area contributed by atoms with E-state index in [2.05, 4.69) is 20.8 Å². The van der Waals surface area contributed by atoms with Gasteiger partial charge in [0.1, 0.15) is 0 Å². The van der Waals surface area contributed by atoms with Crippen LogP contribution in [0.15, 0.2) is 22.7 Å². The summed E-state index contributed by atoms with van der Waals surface area (Å²) in [6.45, 7) is 7.00. The number of hydrogen-bond donors (Lipinski definition) is 0. The molecule has 0 amide bonds. The standard InChI is InChI=1S/C9H5BrN2/c1-12-6-8-4-7(5-11)2-3-9(8)10/h2-4H,6H2. The van der Waals surface area contributed by atoms with E-state index in [4.69, 9.17) is 11.8 Å². The number of hydrogen-bond acceptors (Lipinski definition) is 1. The van der Waals surface area contributed by atoms with Gasteiger partial charge in [0.15, 0.2) is 0 Å². The van der Waals surface area contributed by atoms with Gasteiger partial charge in [-0.25, -0.2) is 6.57 Å². The Labute approximate surface area is 79.4 Å². The van der Waals surface area contributed by atoms with Crippen LogP contribution in [0.5, 0.6) is 0 Å². The lowest BCUT2D eigenvalue weighted by molar-refractivity contribution is 1.24. The SMILES string of the molecule is [C-]#[N+]Cc1cc(C#N)ccc1Br. The molecule has 0 saturated carbocycles. The van der Waals surface area contributed by atoms with Crippen LogP contribution in [0, 0.1) is 17.9 Å². The molecule has 0 radical (unpaired) electrons. The van der Waals surface area contributed by atoms with Crippen molar-refractivity contribution in [2.45, 2.75) is 6.54 Å². The van der Waals surface area contributed by atoms with Crippen LogP contribution in [0.2, 0.25) is 0 Å². The lowest BCUT2D eigenvalue weighted by Gasteiger charge is -1.96. The molecule has 1 rings (SSSR count). The minimum atomic E-state index is 0.316. The van der Waals surface area contributed by atoms with Gasteiger partial charge in [0, 0.05) is 10.0 Å². The molecule has 0 saturated heterocycles. The summed E-state index contributed by atoms with van der Waals surface area (Å²) in [7, 11) is 0. The summed E-state index contributed by atoms with van der Waals surface area (Å²) in [5, 5.41) is 8.58. The van der Waals surface area contributed by atoms with E-state index >= 15 is 0 Å². The second kappa shape index (κ2) is 3.90. The van der Waals surface area contributed by atoms with Crippen LogP contribution < -0.4 is 0 Å². The molecule has 0 spiro atoms. The summed E-state index contributed by atoms with van der Waals surface area (Å²) in [6, 6.07) is 7.26. The molecular weight excluding hydrogens is 216 g/mol. The summed E-state index contributed by atoms with van der Waals surface area (Å²) in [6.07, 6.45) is 0. The number of nitriles is 1. The van der Waals surface area contributed by atoms with E-state index in [0.29, 0.717) is 12.1 Å². The summed E-state index contributed by atoms with van der Waals surface area (Å²) in [5.41, 5.74) is 1.46. The van der Waals surface area contributed by atoms with Crippen molar-refractivity contribution in [1.82, 2.24) is 0 Å². The van der Waals surface area contributed by atoms with Gasteiger partial charge in [-0.15, -0.1) is 0 Å². The molecular formula is C9H5BrN2. The second-order valence-electron chi connectivity index (χ2n) is 2.23. The van der Waals surface area contributed by atoms with Gasteiger partial charge in [-0.2, -0.15) is 5.26 Å². The van der Waals surface area contributed by atoms with Gasteiger partial charge in [0.05, 0.1) is 11.6 Å². The Morgan fingerprint density at radius 2 is 2.33 bits per heavy atom. The third kappa shape index (κ3) is 1.84. The predicted molar refractivity (Wildman–Crippen MR) is 49.2 cm³/mol. The monoisotopic (exact) mass is 220 g/mol. The van der Waals surface area contributed by atoms with Crippen molar-refractivity contribution in [3.8, 4) is 6.07 Å². The molecule has 0 aliphatic rings. The van der Waals surface area contributed by atoms with Gasteiger partial charge < -0.3 is 4.85 Å². The average molecular weight is 221 g/mol. The van der Waals surface area contributed by atoms with E-state index in [9.17, 15) is 0 Å². The first-order valence-corrected chi connectivity index (χ1v) is 4.09. The van der Waals surface area contributed by atoms with E-state index < -0.39 is 0 Å². The van der Waals surface area contributed by atoms with Crippen LogP contribution in [0.3, 0.4) is 0 Å². The highest BCUT2D eigenvalue weighted by Gasteiger charge is 2.02. The van der Waals surface area contributed by atoms with E-state index in [-0.39, 0.29) is 0 Å². The highest BCUT2D eigenvalue weighted by molar-refractivity contribution is 9.10. The molecule has 0 heterocycles. The van der Waals surface area contributed by atoms with Gasteiger partial charge in [0.25, 0.3) is 0 Å². The lowest BCUT2D eigenvalue weighted by Crippen LogP contribution is -1.83. The fourth-order valence-electron chi connectivity index (χ4n) is 0.851. The van der Waals surface area contributed by atoms with E-state index in [1.165, 1.54) is 0 Å². The highest BCUT2D eigenvalue weighted by Crippen LogP contribution is 2.18. The molecule has 1 aromatic rings. The molecule has 0 N–H and O–H groups in total. The molecule has 0 aliphatic heterocycles. The van der Waals surface area contributed by atoms with Crippen LogP contribution in [-0.4, -0.2) is 0 Å². The van der Waals surface area contributed by atoms with Gasteiger partial charge in [0.2, 0.25) is 6.54 Å². The van der Waals surface area contributed by atoms with Crippen molar-refractivity contribution >= 4 is 15.9 Å². The first-order valence-electron chi connectivity index (χ1n) is 3.29. The fraction of sp³-hybridized carbons (Fsp3) is 0.111. The molecule has 0 atom stereocenters. The van der Waals surface area contributed by atoms with Crippen molar-refractivity contribution in [3.05, 3.63) is 45.2 Å². The van der Waals surface area contributed by atoms with Crippen LogP contribution in [0.4, 0.5) is 0 Å². The number of halogens is 1. The van der Waals surface area contributed by atoms with Gasteiger partial charge >= 0.3 is 0 Å². The molecule has 58 valence electrons. The maximum absolute atomic E-state index is 8.58. The van der Waals surface area contributed by atoms with Crippen molar-refractivity contribution in [3.63, 3.8) is 0 Å². The van der Waals surface area contributed by atoms with E-state index in [1.54, 1.807) is 18.2 Å². The van der Waals surface area contributed by atoms with Crippen molar-refractivity contribution in [2.24, 2.45) is 0 Å². The van der Waals surface area contributed by atoms with Crippen LogP contribution >= 0.6 is 15.9 Å². The third-order valence-electron chi connectivity index (χ3n) is 1.42. The molecule has 0 aromatic heterocycles. The Hall–Kier alpha value is -1.32. The molecule has 3 heteroatoms. The third-order valence-corrected chi connectivity index (χ3v) is 2.20. The zero-order valence-corrected chi connectivity index (χ0v) is 7.80. The topological polar surface area (TPSA) is 28.1 Å². The zero-order valence-electron chi connectivity index (χ0n) is 6.21. The van der Waals surface area contributed by atoms with Crippen LogP contribution in [0.25, 0.3) is 4.85 Å². The molecule has 0 bridgehead atoms. The number of rotatable bonds is 1. The molecule has 0 fully saturated rings. The zero-order chi connectivity index (χ0) is 8.97. The van der Waals surface area contributed by atoms with Gasteiger partial charge in [-0.1, -0.05) is 15.9 Å². The lowest BCUT2D eigenvalue weighted by atomic mass is 10.1. The first kappa shape index (κ1) is 8.77. The predicted octanol–water partition coefficient (Wildman–Crippen LogP) is 2.74. The van der Waals surface area contributed by atoms with Crippen molar-refractivity contribution in [2.75, 3.05) is 0 Å².